The first-order chi connectivity index (χ1) is 12.0. The van der Waals surface area contributed by atoms with Crippen molar-refractivity contribution in [2.24, 2.45) is 0 Å². The van der Waals surface area contributed by atoms with Crippen molar-refractivity contribution in [3.63, 3.8) is 0 Å². The van der Waals surface area contributed by atoms with Crippen LogP contribution in [0.3, 0.4) is 0 Å². The first-order valence-corrected chi connectivity index (χ1v) is 8.22. The minimum Gasteiger partial charge on any atom is -0.482 e. The van der Waals surface area contributed by atoms with E-state index in [0.29, 0.717) is 10.8 Å². The molecule has 6 heteroatoms. The second-order valence-corrected chi connectivity index (χ2v) is 5.97. The normalized spacial score (nSPS) is 11.5. The predicted molar refractivity (Wildman–Crippen MR) is 95.6 cm³/mol. The third kappa shape index (κ3) is 6.12. The summed E-state index contributed by atoms with van der Waals surface area (Å²) >= 11 is 5.92. The molecule has 2 aromatic carbocycles. The molecule has 0 aliphatic rings. The number of benzene rings is 2. The van der Waals surface area contributed by atoms with Crippen LogP contribution in [0.4, 0.5) is 0 Å². The van der Waals surface area contributed by atoms with Crippen LogP contribution in [0, 0.1) is 6.92 Å². The molecule has 0 heterocycles. The van der Waals surface area contributed by atoms with Gasteiger partial charge in [-0.25, -0.2) is 4.79 Å². The molecular formula is C19H20ClNO4. The van der Waals surface area contributed by atoms with Crippen molar-refractivity contribution in [2.75, 3.05) is 13.2 Å². The highest BCUT2D eigenvalue weighted by Gasteiger charge is 2.12. The number of hydrogen-bond donors (Lipinski definition) is 1. The summed E-state index contributed by atoms with van der Waals surface area (Å²) in [4.78, 5) is 23.5. The summed E-state index contributed by atoms with van der Waals surface area (Å²) in [6.45, 7) is 3.08. The van der Waals surface area contributed by atoms with Gasteiger partial charge in [-0.05, 0) is 43.2 Å². The second kappa shape index (κ2) is 9.08. The van der Waals surface area contributed by atoms with Gasteiger partial charge < -0.3 is 14.8 Å². The summed E-state index contributed by atoms with van der Waals surface area (Å²) in [7, 11) is 0. The standard InChI is InChI=1S/C19H20ClNO4/c1-13-10-16(8-9-17(13)20)24-12-19(23)25-11-18(22)21-14(2)15-6-4-3-5-7-15/h3-10,14H,11-12H2,1-2H3,(H,21,22). The molecule has 0 saturated carbocycles. The molecule has 0 bridgehead atoms. The van der Waals surface area contributed by atoms with Gasteiger partial charge in [0.25, 0.3) is 5.91 Å². The molecule has 0 aromatic heterocycles. The molecule has 1 amide bonds. The van der Waals surface area contributed by atoms with E-state index in [1.165, 1.54) is 0 Å². The number of ether oxygens (including phenoxy) is 2. The Morgan fingerprint density at radius 3 is 2.52 bits per heavy atom. The summed E-state index contributed by atoms with van der Waals surface area (Å²) in [5, 5.41) is 3.39. The Morgan fingerprint density at radius 1 is 1.12 bits per heavy atom. The number of esters is 1. The maximum absolute atomic E-state index is 11.8. The van der Waals surface area contributed by atoms with Gasteiger partial charge in [-0.15, -0.1) is 0 Å². The lowest BCUT2D eigenvalue weighted by Gasteiger charge is -2.14. The van der Waals surface area contributed by atoms with Gasteiger partial charge in [0.05, 0.1) is 6.04 Å². The molecule has 0 aliphatic heterocycles. The van der Waals surface area contributed by atoms with Crippen LogP contribution in [0.1, 0.15) is 24.1 Å². The Labute approximate surface area is 151 Å². The van der Waals surface area contributed by atoms with Gasteiger partial charge in [0.15, 0.2) is 13.2 Å². The van der Waals surface area contributed by atoms with Crippen molar-refractivity contribution < 1.29 is 19.1 Å². The van der Waals surface area contributed by atoms with E-state index in [1.54, 1.807) is 18.2 Å². The highest BCUT2D eigenvalue weighted by atomic mass is 35.5. The van der Waals surface area contributed by atoms with Gasteiger partial charge in [-0.2, -0.15) is 0 Å². The van der Waals surface area contributed by atoms with Gasteiger partial charge in [0.1, 0.15) is 5.75 Å². The van der Waals surface area contributed by atoms with E-state index in [4.69, 9.17) is 21.1 Å². The fourth-order valence-corrected chi connectivity index (χ4v) is 2.26. The van der Waals surface area contributed by atoms with E-state index in [9.17, 15) is 9.59 Å². The number of aryl methyl sites for hydroxylation is 1. The van der Waals surface area contributed by atoms with Gasteiger partial charge in [-0.3, -0.25) is 4.79 Å². The number of rotatable bonds is 7. The Balaban J connectivity index is 1.72. The maximum atomic E-state index is 11.8. The molecule has 5 nitrogen and oxygen atoms in total. The van der Waals surface area contributed by atoms with Crippen molar-refractivity contribution in [1.82, 2.24) is 5.32 Å². The third-order valence-corrected chi connectivity index (χ3v) is 3.95. The van der Waals surface area contributed by atoms with Gasteiger partial charge in [0.2, 0.25) is 0 Å². The van der Waals surface area contributed by atoms with Gasteiger partial charge in [0, 0.05) is 5.02 Å². The highest BCUT2D eigenvalue weighted by molar-refractivity contribution is 6.31. The van der Waals surface area contributed by atoms with Crippen LogP contribution in [0.25, 0.3) is 0 Å². The summed E-state index contributed by atoms with van der Waals surface area (Å²) in [5.74, 6) is -0.469. The van der Waals surface area contributed by atoms with Crippen molar-refractivity contribution in [3.8, 4) is 5.75 Å². The molecule has 0 saturated heterocycles. The van der Waals surface area contributed by atoms with Crippen LogP contribution in [0.5, 0.6) is 5.75 Å². The van der Waals surface area contributed by atoms with Crippen LogP contribution >= 0.6 is 11.6 Å². The Bertz CT molecular complexity index is 733. The van der Waals surface area contributed by atoms with Crippen molar-refractivity contribution in [3.05, 3.63) is 64.7 Å². The van der Waals surface area contributed by atoms with Gasteiger partial charge >= 0.3 is 5.97 Å². The number of nitrogens with one attached hydrogen (secondary N) is 1. The van der Waals surface area contributed by atoms with E-state index in [0.717, 1.165) is 11.1 Å². The average Bonchev–Trinajstić information content (AvgIpc) is 2.61. The SMILES string of the molecule is Cc1cc(OCC(=O)OCC(=O)NC(C)c2ccccc2)ccc1Cl. The largest absolute Gasteiger partial charge is 0.482 e. The number of carbonyl (C=O) groups excluding carboxylic acids is 2. The summed E-state index contributed by atoms with van der Waals surface area (Å²) < 4.78 is 10.2. The molecule has 1 N–H and O–H groups in total. The maximum Gasteiger partial charge on any atom is 0.344 e. The smallest absolute Gasteiger partial charge is 0.344 e. The van der Waals surface area contributed by atoms with Crippen LogP contribution in [0.15, 0.2) is 48.5 Å². The quantitative estimate of drug-likeness (QED) is 0.767. The highest BCUT2D eigenvalue weighted by Crippen LogP contribution is 2.20. The zero-order chi connectivity index (χ0) is 18.2. The van der Waals surface area contributed by atoms with Crippen LogP contribution in [0.2, 0.25) is 5.02 Å². The summed E-state index contributed by atoms with van der Waals surface area (Å²) in [5.41, 5.74) is 1.82. The zero-order valence-electron chi connectivity index (χ0n) is 14.1. The topological polar surface area (TPSA) is 64.6 Å². The first-order valence-electron chi connectivity index (χ1n) is 7.84. The van der Waals surface area contributed by atoms with Gasteiger partial charge in [-0.1, -0.05) is 41.9 Å². The molecule has 25 heavy (non-hydrogen) atoms. The minimum absolute atomic E-state index is 0.166. The molecule has 0 fully saturated rings. The van der Waals surface area contributed by atoms with E-state index in [1.807, 2.05) is 44.2 Å². The van der Waals surface area contributed by atoms with Crippen molar-refractivity contribution >= 4 is 23.5 Å². The summed E-state index contributed by atoms with van der Waals surface area (Å²) in [6.07, 6.45) is 0. The molecule has 0 radical (unpaired) electrons. The van der Waals surface area contributed by atoms with E-state index in [-0.39, 0.29) is 25.2 Å². The number of amides is 1. The lowest BCUT2D eigenvalue weighted by Crippen LogP contribution is -2.31. The Hall–Kier alpha value is -2.53. The zero-order valence-corrected chi connectivity index (χ0v) is 14.9. The van der Waals surface area contributed by atoms with E-state index >= 15 is 0 Å². The number of hydrogen-bond acceptors (Lipinski definition) is 4. The lowest BCUT2D eigenvalue weighted by atomic mass is 10.1. The Kier molecular flexibility index (Phi) is 6.83. The van der Waals surface area contributed by atoms with Crippen LogP contribution in [-0.2, 0) is 14.3 Å². The minimum atomic E-state index is -0.616. The van der Waals surface area contributed by atoms with Crippen molar-refractivity contribution in [1.29, 1.82) is 0 Å². The molecule has 1 atom stereocenters. The average molecular weight is 362 g/mol. The van der Waals surface area contributed by atoms with Crippen molar-refractivity contribution in [2.45, 2.75) is 19.9 Å². The molecule has 1 unspecified atom stereocenters. The fraction of sp³-hybridized carbons (Fsp3) is 0.263. The predicted octanol–water partition coefficient (Wildman–Crippen LogP) is 3.45. The monoisotopic (exact) mass is 361 g/mol. The molecule has 2 rings (SSSR count). The molecule has 0 aliphatic carbocycles. The number of halogens is 1. The molecular weight excluding hydrogens is 342 g/mol. The molecule has 2 aromatic rings. The summed E-state index contributed by atoms with van der Waals surface area (Å²) in [6, 6.07) is 14.4. The van der Waals surface area contributed by atoms with Crippen LogP contribution in [-0.4, -0.2) is 25.1 Å². The molecule has 0 spiro atoms. The first kappa shape index (κ1) is 18.8. The Morgan fingerprint density at radius 2 is 1.84 bits per heavy atom. The van der Waals surface area contributed by atoms with Crippen LogP contribution < -0.4 is 10.1 Å². The van der Waals surface area contributed by atoms with E-state index in [2.05, 4.69) is 5.32 Å². The van der Waals surface area contributed by atoms with E-state index < -0.39 is 5.97 Å². The lowest BCUT2D eigenvalue weighted by molar-refractivity contribution is -0.150. The second-order valence-electron chi connectivity index (χ2n) is 5.56. The fourth-order valence-electron chi connectivity index (χ4n) is 2.15. The number of carbonyl (C=O) groups is 2. The molecule has 132 valence electrons. The third-order valence-electron chi connectivity index (χ3n) is 3.53.